The van der Waals surface area contributed by atoms with Gasteiger partial charge in [-0.25, -0.2) is 9.97 Å². The number of anilines is 1. The van der Waals surface area contributed by atoms with E-state index in [4.69, 9.17) is 4.74 Å². The van der Waals surface area contributed by atoms with Crippen molar-refractivity contribution in [1.82, 2.24) is 30.6 Å². The van der Waals surface area contributed by atoms with Gasteiger partial charge in [-0.05, 0) is 13.8 Å². The van der Waals surface area contributed by atoms with Crippen LogP contribution in [0.5, 0.6) is 5.88 Å². The summed E-state index contributed by atoms with van der Waals surface area (Å²) in [5.41, 5.74) is 0. The van der Waals surface area contributed by atoms with Crippen molar-refractivity contribution < 1.29 is 4.74 Å². The van der Waals surface area contributed by atoms with Crippen molar-refractivity contribution in [3.63, 3.8) is 0 Å². The molecule has 17 heavy (non-hydrogen) atoms. The molecule has 0 spiro atoms. The van der Waals surface area contributed by atoms with Gasteiger partial charge in [-0.3, -0.25) is 0 Å². The van der Waals surface area contributed by atoms with Crippen LogP contribution in [-0.4, -0.2) is 36.7 Å². The zero-order valence-corrected chi connectivity index (χ0v) is 9.58. The van der Waals surface area contributed by atoms with Crippen LogP contribution >= 0.6 is 0 Å². The third kappa shape index (κ3) is 3.37. The molecule has 0 fully saturated rings. The molecule has 2 aromatic heterocycles. The molecule has 0 saturated heterocycles. The fourth-order valence-electron chi connectivity index (χ4n) is 1.17. The van der Waals surface area contributed by atoms with Crippen molar-refractivity contribution in [3.05, 3.63) is 18.2 Å². The Hall–Kier alpha value is -2.25. The standard InChI is InChI=1S/C9H13N7O/c1-6(2)17-9-3-7(11-5-12-9)10-4-8-13-15-16-14-8/h3,5-6H,4H2,1-2H3,(H,10,11,12)(H,13,14,15,16). The summed E-state index contributed by atoms with van der Waals surface area (Å²) in [6.45, 7) is 4.32. The molecule has 0 radical (unpaired) electrons. The summed E-state index contributed by atoms with van der Waals surface area (Å²) in [5, 5.41) is 16.5. The maximum atomic E-state index is 5.45. The number of tetrazole rings is 1. The number of nitrogens with one attached hydrogen (secondary N) is 2. The number of H-pyrrole nitrogens is 1. The Balaban J connectivity index is 1.96. The first-order valence-corrected chi connectivity index (χ1v) is 5.19. The molecule has 2 N–H and O–H groups in total. The number of hydrogen-bond donors (Lipinski definition) is 2. The summed E-state index contributed by atoms with van der Waals surface area (Å²) in [7, 11) is 0. The highest BCUT2D eigenvalue weighted by Gasteiger charge is 2.03. The van der Waals surface area contributed by atoms with E-state index < -0.39 is 0 Å². The van der Waals surface area contributed by atoms with Gasteiger partial charge in [0.2, 0.25) is 5.88 Å². The summed E-state index contributed by atoms with van der Waals surface area (Å²) in [5.74, 6) is 1.75. The Kier molecular flexibility index (Phi) is 3.43. The second-order valence-corrected chi connectivity index (χ2v) is 3.59. The van der Waals surface area contributed by atoms with Crippen LogP contribution in [0.25, 0.3) is 0 Å². The molecule has 8 nitrogen and oxygen atoms in total. The van der Waals surface area contributed by atoms with Crippen LogP contribution in [0.3, 0.4) is 0 Å². The van der Waals surface area contributed by atoms with E-state index in [1.807, 2.05) is 13.8 Å². The van der Waals surface area contributed by atoms with Crippen LogP contribution in [0.15, 0.2) is 12.4 Å². The van der Waals surface area contributed by atoms with E-state index in [2.05, 4.69) is 35.9 Å². The van der Waals surface area contributed by atoms with Crippen molar-refractivity contribution in [3.8, 4) is 5.88 Å². The van der Waals surface area contributed by atoms with Gasteiger partial charge in [0.15, 0.2) is 5.82 Å². The average Bonchev–Trinajstić information content (AvgIpc) is 2.79. The van der Waals surface area contributed by atoms with Crippen LogP contribution in [0.4, 0.5) is 5.82 Å². The van der Waals surface area contributed by atoms with Crippen molar-refractivity contribution in [2.45, 2.75) is 26.5 Å². The lowest BCUT2D eigenvalue weighted by molar-refractivity contribution is 0.232. The maximum Gasteiger partial charge on any atom is 0.218 e. The summed E-state index contributed by atoms with van der Waals surface area (Å²) < 4.78 is 5.45. The molecule has 0 aliphatic heterocycles. The van der Waals surface area contributed by atoms with Gasteiger partial charge < -0.3 is 10.1 Å². The highest BCUT2D eigenvalue weighted by Crippen LogP contribution is 2.12. The smallest absolute Gasteiger partial charge is 0.218 e. The predicted molar refractivity (Wildman–Crippen MR) is 59.3 cm³/mol. The van der Waals surface area contributed by atoms with E-state index in [0.29, 0.717) is 24.1 Å². The number of aromatic amines is 1. The van der Waals surface area contributed by atoms with E-state index in [0.717, 1.165) is 0 Å². The number of hydrogen-bond acceptors (Lipinski definition) is 7. The van der Waals surface area contributed by atoms with Crippen LogP contribution in [0, 0.1) is 0 Å². The highest BCUT2D eigenvalue weighted by molar-refractivity contribution is 5.37. The minimum Gasteiger partial charge on any atom is -0.475 e. The van der Waals surface area contributed by atoms with Crippen molar-refractivity contribution in [2.75, 3.05) is 5.32 Å². The lowest BCUT2D eigenvalue weighted by atomic mass is 10.4. The molecule has 0 unspecified atom stereocenters. The molecule has 0 saturated carbocycles. The van der Waals surface area contributed by atoms with Gasteiger partial charge in [0, 0.05) is 6.07 Å². The number of rotatable bonds is 5. The van der Waals surface area contributed by atoms with Gasteiger partial charge in [-0.15, -0.1) is 10.2 Å². The van der Waals surface area contributed by atoms with E-state index in [9.17, 15) is 0 Å². The van der Waals surface area contributed by atoms with Crippen LogP contribution < -0.4 is 10.1 Å². The molecule has 2 rings (SSSR count). The minimum absolute atomic E-state index is 0.0787. The van der Waals surface area contributed by atoms with Gasteiger partial charge in [0.1, 0.15) is 12.1 Å². The first kappa shape index (κ1) is 11.2. The first-order chi connectivity index (χ1) is 8.24. The van der Waals surface area contributed by atoms with Crippen LogP contribution in [0.2, 0.25) is 0 Å². The maximum absolute atomic E-state index is 5.45. The fraction of sp³-hybridized carbons (Fsp3) is 0.444. The SMILES string of the molecule is CC(C)Oc1cc(NCc2nn[nH]n2)ncn1. The number of ether oxygens (including phenoxy) is 1. The van der Waals surface area contributed by atoms with Gasteiger partial charge in [0.05, 0.1) is 12.6 Å². The first-order valence-electron chi connectivity index (χ1n) is 5.19. The molecule has 2 heterocycles. The molecule has 2 aromatic rings. The monoisotopic (exact) mass is 235 g/mol. The highest BCUT2D eigenvalue weighted by atomic mass is 16.5. The van der Waals surface area contributed by atoms with Gasteiger partial charge in [-0.1, -0.05) is 5.21 Å². The minimum atomic E-state index is 0.0787. The van der Waals surface area contributed by atoms with Crippen LogP contribution in [0.1, 0.15) is 19.7 Å². The lowest BCUT2D eigenvalue weighted by Gasteiger charge is -2.09. The molecule has 0 aliphatic carbocycles. The third-order valence-corrected chi connectivity index (χ3v) is 1.82. The van der Waals surface area contributed by atoms with Gasteiger partial charge in [-0.2, -0.15) is 5.21 Å². The summed E-state index contributed by atoms with van der Waals surface area (Å²) >= 11 is 0. The Labute approximate surface area is 97.8 Å². The molecule has 0 bridgehead atoms. The Morgan fingerprint density at radius 1 is 1.41 bits per heavy atom. The normalized spacial score (nSPS) is 10.5. The van der Waals surface area contributed by atoms with E-state index >= 15 is 0 Å². The molecule has 90 valence electrons. The Morgan fingerprint density at radius 3 is 3.00 bits per heavy atom. The van der Waals surface area contributed by atoms with E-state index in [-0.39, 0.29) is 6.10 Å². The fourth-order valence-corrected chi connectivity index (χ4v) is 1.17. The summed E-state index contributed by atoms with van der Waals surface area (Å²) in [6.07, 6.45) is 1.52. The average molecular weight is 235 g/mol. The zero-order chi connectivity index (χ0) is 12.1. The van der Waals surface area contributed by atoms with E-state index in [1.165, 1.54) is 6.33 Å². The Bertz CT molecular complexity index is 456. The predicted octanol–water partition coefficient (Wildman–Crippen LogP) is 0.389. The molecule has 0 amide bonds. The second-order valence-electron chi connectivity index (χ2n) is 3.59. The molecule has 8 heteroatoms. The second kappa shape index (κ2) is 5.19. The van der Waals surface area contributed by atoms with E-state index in [1.54, 1.807) is 6.07 Å². The topological polar surface area (TPSA) is 102 Å². The van der Waals surface area contributed by atoms with Crippen LogP contribution in [-0.2, 0) is 6.54 Å². The van der Waals surface area contributed by atoms with Crippen molar-refractivity contribution in [2.24, 2.45) is 0 Å². The number of aromatic nitrogens is 6. The summed E-state index contributed by atoms with van der Waals surface area (Å²) in [6, 6.07) is 1.72. The largest absolute Gasteiger partial charge is 0.475 e. The lowest BCUT2D eigenvalue weighted by Crippen LogP contribution is -2.08. The van der Waals surface area contributed by atoms with Gasteiger partial charge in [0.25, 0.3) is 0 Å². The number of nitrogens with zero attached hydrogens (tertiary/aromatic N) is 5. The molecular weight excluding hydrogens is 222 g/mol. The quantitative estimate of drug-likeness (QED) is 0.772. The molecule has 0 aliphatic rings. The summed E-state index contributed by atoms with van der Waals surface area (Å²) in [4.78, 5) is 8.06. The zero-order valence-electron chi connectivity index (χ0n) is 9.58. The molecule has 0 aromatic carbocycles. The molecular formula is C9H13N7O. The van der Waals surface area contributed by atoms with Crippen molar-refractivity contribution >= 4 is 5.82 Å². The van der Waals surface area contributed by atoms with Gasteiger partial charge >= 0.3 is 0 Å². The molecule has 0 atom stereocenters. The Morgan fingerprint density at radius 2 is 2.29 bits per heavy atom. The van der Waals surface area contributed by atoms with Crippen molar-refractivity contribution in [1.29, 1.82) is 0 Å². The third-order valence-electron chi connectivity index (χ3n) is 1.82.